The van der Waals surface area contributed by atoms with Crippen molar-refractivity contribution in [1.82, 2.24) is 30.1 Å². The number of nitrogens with one attached hydrogen (secondary N) is 1. The number of para-hydroxylation sites is 1. The van der Waals surface area contributed by atoms with Crippen molar-refractivity contribution in [2.75, 3.05) is 13.1 Å². The number of nitrogens with zero attached hydrogens (tertiary/aromatic N) is 5. The highest BCUT2D eigenvalue weighted by Gasteiger charge is 2.54. The molecule has 2 saturated heterocycles. The van der Waals surface area contributed by atoms with E-state index in [1.165, 1.54) is 0 Å². The first-order valence-electron chi connectivity index (χ1n) is 15.0. The van der Waals surface area contributed by atoms with E-state index in [9.17, 15) is 19.5 Å². The van der Waals surface area contributed by atoms with Crippen LogP contribution < -0.4 is 5.32 Å². The fraction of sp³-hybridized carbons (Fsp3) is 0.257. The Labute approximate surface area is 262 Å². The Morgan fingerprint density at radius 1 is 1.00 bits per heavy atom. The number of benzene rings is 3. The van der Waals surface area contributed by atoms with Gasteiger partial charge >= 0.3 is 6.03 Å². The van der Waals surface area contributed by atoms with E-state index >= 15 is 0 Å². The Balaban J connectivity index is 1.40. The van der Waals surface area contributed by atoms with Gasteiger partial charge in [-0.1, -0.05) is 72.8 Å². The fourth-order valence-corrected chi connectivity index (χ4v) is 6.36. The topological polar surface area (TPSA) is 109 Å². The summed E-state index contributed by atoms with van der Waals surface area (Å²) in [5.74, 6) is -0.347. The summed E-state index contributed by atoms with van der Waals surface area (Å²) >= 11 is 0. The number of aromatic nitrogens is 1. The van der Waals surface area contributed by atoms with E-state index in [2.05, 4.69) is 16.9 Å². The van der Waals surface area contributed by atoms with Gasteiger partial charge in [-0.15, -0.1) is 6.58 Å². The van der Waals surface area contributed by atoms with Crippen molar-refractivity contribution in [1.29, 1.82) is 0 Å². The van der Waals surface area contributed by atoms with Crippen LogP contribution in [-0.4, -0.2) is 79.1 Å². The molecule has 2 fully saturated rings. The van der Waals surface area contributed by atoms with Gasteiger partial charge in [0, 0.05) is 37.6 Å². The first kappa shape index (κ1) is 29.8. The number of rotatable bonds is 8. The molecule has 0 aliphatic carbocycles. The molecule has 2 N–H and O–H groups in total. The summed E-state index contributed by atoms with van der Waals surface area (Å²) in [5.41, 5.74) is 3.39. The van der Waals surface area contributed by atoms with Gasteiger partial charge in [0.25, 0.3) is 0 Å². The molecule has 1 aromatic heterocycles. The largest absolute Gasteiger partial charge is 0.508 e. The molecule has 10 heteroatoms. The molecule has 2 aliphatic rings. The van der Waals surface area contributed by atoms with Crippen LogP contribution >= 0.6 is 0 Å². The molecular formula is C35H36N6O4. The maximum Gasteiger partial charge on any atom is 0.334 e. The average Bonchev–Trinajstić information content (AvgIpc) is 3.05. The molecule has 45 heavy (non-hydrogen) atoms. The Hall–Kier alpha value is -5.22. The fourth-order valence-electron chi connectivity index (χ4n) is 6.36. The second kappa shape index (κ2) is 12.8. The van der Waals surface area contributed by atoms with Gasteiger partial charge in [-0.2, -0.15) is 0 Å². The SMILES string of the molecule is C=CCN1CC(=O)N2[C@@H](Cc3ccc(O)cc3)C(=O)N(Cc3cccc4cccnc34)[C@@H](C)[C@@H]2N1C(=O)NCc1ccccc1. The van der Waals surface area contributed by atoms with Crippen LogP contribution in [0.25, 0.3) is 10.9 Å². The number of phenols is 1. The molecule has 3 atom stereocenters. The molecule has 0 radical (unpaired) electrons. The molecule has 3 aromatic carbocycles. The van der Waals surface area contributed by atoms with E-state index in [0.29, 0.717) is 6.54 Å². The number of aromatic hydroxyl groups is 1. The number of piperazine rings is 1. The molecule has 0 unspecified atom stereocenters. The Bertz CT molecular complexity index is 1710. The van der Waals surface area contributed by atoms with Crippen molar-refractivity contribution in [2.24, 2.45) is 0 Å². The van der Waals surface area contributed by atoms with Gasteiger partial charge in [0.15, 0.2) is 0 Å². The molecule has 2 aliphatic heterocycles. The second-order valence-corrected chi connectivity index (χ2v) is 11.4. The van der Waals surface area contributed by atoms with E-state index in [1.54, 1.807) is 56.4 Å². The van der Waals surface area contributed by atoms with Crippen molar-refractivity contribution < 1.29 is 19.5 Å². The number of hydrogen-bond acceptors (Lipinski definition) is 6. The van der Waals surface area contributed by atoms with Crippen molar-refractivity contribution in [3.63, 3.8) is 0 Å². The number of hydrogen-bond donors (Lipinski definition) is 2. The maximum atomic E-state index is 14.5. The van der Waals surface area contributed by atoms with Crippen LogP contribution in [0.4, 0.5) is 4.79 Å². The summed E-state index contributed by atoms with van der Waals surface area (Å²) < 4.78 is 0. The highest BCUT2D eigenvalue weighted by molar-refractivity contribution is 5.92. The third-order valence-corrected chi connectivity index (χ3v) is 8.53. The monoisotopic (exact) mass is 604 g/mol. The minimum atomic E-state index is -0.874. The number of fused-ring (bicyclic) bond motifs is 2. The molecule has 3 heterocycles. The predicted octanol–water partition coefficient (Wildman–Crippen LogP) is 4.07. The van der Waals surface area contributed by atoms with Gasteiger partial charge in [0.05, 0.1) is 18.1 Å². The van der Waals surface area contributed by atoms with E-state index < -0.39 is 18.2 Å². The molecule has 4 amide bonds. The highest BCUT2D eigenvalue weighted by atomic mass is 16.3. The van der Waals surface area contributed by atoms with Gasteiger partial charge in [-0.3, -0.25) is 14.6 Å². The lowest BCUT2D eigenvalue weighted by Crippen LogP contribution is -2.79. The molecule has 230 valence electrons. The van der Waals surface area contributed by atoms with Gasteiger partial charge in [-0.05, 0) is 41.8 Å². The van der Waals surface area contributed by atoms with Crippen LogP contribution in [0, 0.1) is 0 Å². The van der Waals surface area contributed by atoms with Crippen LogP contribution in [0.15, 0.2) is 104 Å². The van der Waals surface area contributed by atoms with Crippen LogP contribution in [0.1, 0.15) is 23.6 Å². The number of pyridine rings is 1. The Morgan fingerprint density at radius 2 is 1.76 bits per heavy atom. The number of urea groups is 1. The summed E-state index contributed by atoms with van der Waals surface area (Å²) in [4.78, 5) is 50.4. The summed E-state index contributed by atoms with van der Waals surface area (Å²) in [6, 6.07) is 24.2. The Kier molecular flexibility index (Phi) is 8.48. The predicted molar refractivity (Wildman–Crippen MR) is 170 cm³/mol. The molecule has 4 aromatic rings. The van der Waals surface area contributed by atoms with E-state index in [4.69, 9.17) is 0 Å². The van der Waals surface area contributed by atoms with Crippen molar-refractivity contribution >= 4 is 28.7 Å². The zero-order valence-corrected chi connectivity index (χ0v) is 25.1. The maximum absolute atomic E-state index is 14.5. The quantitative estimate of drug-likeness (QED) is 0.294. The summed E-state index contributed by atoms with van der Waals surface area (Å²) in [6.07, 6.45) is 2.82. The number of amides is 4. The first-order chi connectivity index (χ1) is 21.9. The van der Waals surface area contributed by atoms with Crippen molar-refractivity contribution in [3.8, 4) is 5.75 Å². The van der Waals surface area contributed by atoms with E-state index in [0.717, 1.165) is 27.6 Å². The van der Waals surface area contributed by atoms with Crippen molar-refractivity contribution in [3.05, 3.63) is 120 Å². The molecule has 10 nitrogen and oxygen atoms in total. The van der Waals surface area contributed by atoms with Gasteiger partial charge < -0.3 is 20.2 Å². The van der Waals surface area contributed by atoms with Crippen LogP contribution in [-0.2, 0) is 29.1 Å². The number of carbonyl (C=O) groups excluding carboxylic acids is 3. The molecule has 0 spiro atoms. The molecule has 0 bridgehead atoms. The van der Waals surface area contributed by atoms with Crippen molar-refractivity contribution in [2.45, 2.75) is 44.7 Å². The Morgan fingerprint density at radius 3 is 2.51 bits per heavy atom. The van der Waals surface area contributed by atoms with Crippen LogP contribution in [0.2, 0.25) is 0 Å². The lowest BCUT2D eigenvalue weighted by molar-refractivity contribution is -0.198. The van der Waals surface area contributed by atoms with Gasteiger partial charge in [-0.25, -0.2) is 14.8 Å². The zero-order chi connectivity index (χ0) is 31.5. The number of carbonyl (C=O) groups is 3. The van der Waals surface area contributed by atoms with E-state index in [-0.39, 0.29) is 49.7 Å². The summed E-state index contributed by atoms with van der Waals surface area (Å²) in [6.45, 7) is 6.48. The third kappa shape index (κ3) is 5.97. The molecule has 0 saturated carbocycles. The highest BCUT2D eigenvalue weighted by Crippen LogP contribution is 2.34. The lowest BCUT2D eigenvalue weighted by Gasteiger charge is -2.57. The molecular weight excluding hydrogens is 568 g/mol. The molecule has 6 rings (SSSR count). The minimum absolute atomic E-state index is 0.0827. The van der Waals surface area contributed by atoms with Gasteiger partial charge in [0.1, 0.15) is 18.0 Å². The standard InChI is InChI=1S/C35H36N6O4/c1-3-19-38-23-31(43)40-30(20-25-14-16-29(42)17-15-25)34(44)39(22-28-12-7-11-27-13-8-18-36-32(27)28)24(2)33(40)41(38)35(45)37-21-26-9-5-4-6-10-26/h3-18,24,30,33,42H,1,19-23H2,2H3,(H,37,45)/t24-,30-,33-/m0/s1. The minimum Gasteiger partial charge on any atom is -0.508 e. The third-order valence-electron chi connectivity index (χ3n) is 8.53. The second-order valence-electron chi connectivity index (χ2n) is 11.4. The number of hydrazine groups is 1. The summed E-state index contributed by atoms with van der Waals surface area (Å²) in [5, 5.41) is 17.1. The van der Waals surface area contributed by atoms with Crippen LogP contribution in [0.3, 0.4) is 0 Å². The van der Waals surface area contributed by atoms with E-state index in [1.807, 2.05) is 67.6 Å². The normalized spacial score (nSPS) is 20.3. The average molecular weight is 605 g/mol. The number of phenolic OH excluding ortho intramolecular Hbond substituents is 1. The zero-order valence-electron chi connectivity index (χ0n) is 25.1. The van der Waals surface area contributed by atoms with Crippen LogP contribution in [0.5, 0.6) is 5.75 Å². The van der Waals surface area contributed by atoms with Gasteiger partial charge in [0.2, 0.25) is 11.8 Å². The first-order valence-corrected chi connectivity index (χ1v) is 15.0. The summed E-state index contributed by atoms with van der Waals surface area (Å²) in [7, 11) is 0. The lowest BCUT2D eigenvalue weighted by atomic mass is 9.94. The smallest absolute Gasteiger partial charge is 0.334 e.